The summed E-state index contributed by atoms with van der Waals surface area (Å²) in [4.78, 5) is 34.5. The molecule has 1 saturated heterocycles. The van der Waals surface area contributed by atoms with Crippen molar-refractivity contribution in [1.29, 1.82) is 0 Å². The van der Waals surface area contributed by atoms with Crippen LogP contribution in [0.1, 0.15) is 27.2 Å². The van der Waals surface area contributed by atoms with Crippen LogP contribution in [0, 0.1) is 5.92 Å². The van der Waals surface area contributed by atoms with Gasteiger partial charge in [-0.3, -0.25) is 14.4 Å². The highest BCUT2D eigenvalue weighted by Gasteiger charge is 2.46. The molecular formula is C15H18N2O4. The number of ether oxygens (including phenoxy) is 1. The molecule has 1 heterocycles. The molecule has 0 unspecified atom stereocenters. The van der Waals surface area contributed by atoms with Crippen molar-refractivity contribution in [2.45, 2.75) is 32.8 Å². The molecule has 6 nitrogen and oxygen atoms in total. The van der Waals surface area contributed by atoms with Crippen molar-refractivity contribution in [2.75, 3.05) is 10.6 Å². The van der Waals surface area contributed by atoms with E-state index in [4.69, 9.17) is 4.74 Å². The summed E-state index contributed by atoms with van der Waals surface area (Å²) < 4.78 is 5.14. The van der Waals surface area contributed by atoms with Crippen LogP contribution in [0.25, 0.3) is 0 Å². The molecule has 1 atom stereocenters. The maximum Gasteiger partial charge on any atom is 0.307 e. The van der Waals surface area contributed by atoms with Crippen LogP contribution < -0.4 is 10.6 Å². The number of nitrogens with one attached hydrogen (secondary N) is 2. The van der Waals surface area contributed by atoms with E-state index in [1.165, 1.54) is 6.92 Å². The first kappa shape index (κ1) is 15.0. The second kappa shape index (κ2) is 5.55. The van der Waals surface area contributed by atoms with Gasteiger partial charge in [-0.15, -0.1) is 0 Å². The molecule has 0 spiro atoms. The lowest BCUT2D eigenvalue weighted by atomic mass is 9.90. The molecule has 0 aromatic heterocycles. The van der Waals surface area contributed by atoms with E-state index in [0.29, 0.717) is 11.4 Å². The summed E-state index contributed by atoms with van der Waals surface area (Å²) >= 11 is 0. The summed E-state index contributed by atoms with van der Waals surface area (Å²) in [5.74, 6) is -1.28. The van der Waals surface area contributed by atoms with E-state index >= 15 is 0 Å². The Morgan fingerprint density at radius 3 is 2.10 bits per heavy atom. The van der Waals surface area contributed by atoms with Crippen LogP contribution in [-0.2, 0) is 19.1 Å². The predicted molar refractivity (Wildman–Crippen MR) is 77.7 cm³/mol. The number of carbonyl (C=O) groups excluding carboxylic acids is 3. The SMILES string of the molecule is CC(=O)Nc1ccc(NC(=O)[C@H]2CC(=O)OC2(C)C)cc1. The quantitative estimate of drug-likeness (QED) is 0.833. The van der Waals surface area contributed by atoms with E-state index in [-0.39, 0.29) is 24.2 Å². The molecule has 1 aromatic carbocycles. The third-order valence-corrected chi connectivity index (χ3v) is 3.38. The van der Waals surface area contributed by atoms with Crippen LogP contribution in [0.15, 0.2) is 24.3 Å². The maximum atomic E-state index is 12.2. The Hall–Kier alpha value is -2.37. The molecule has 2 N–H and O–H groups in total. The molecule has 1 aliphatic heterocycles. The highest BCUT2D eigenvalue weighted by atomic mass is 16.6. The lowest BCUT2D eigenvalue weighted by Gasteiger charge is -2.23. The van der Waals surface area contributed by atoms with Gasteiger partial charge in [0.25, 0.3) is 0 Å². The average Bonchev–Trinajstić information content (AvgIpc) is 2.64. The Bertz CT molecular complexity index is 578. The summed E-state index contributed by atoms with van der Waals surface area (Å²) in [6.07, 6.45) is 0.0861. The standard InChI is InChI=1S/C15H18N2O4/c1-9(18)16-10-4-6-11(7-5-10)17-14(20)12-8-13(19)21-15(12,2)3/h4-7,12H,8H2,1-3H3,(H,16,18)(H,17,20)/t12-/m1/s1. The zero-order valence-electron chi connectivity index (χ0n) is 12.2. The first-order valence-electron chi connectivity index (χ1n) is 6.68. The van der Waals surface area contributed by atoms with E-state index in [0.717, 1.165) is 0 Å². The van der Waals surface area contributed by atoms with Gasteiger partial charge in [0.1, 0.15) is 5.60 Å². The zero-order chi connectivity index (χ0) is 15.6. The Morgan fingerprint density at radius 2 is 1.67 bits per heavy atom. The molecule has 1 aromatic rings. The van der Waals surface area contributed by atoms with Crippen molar-refractivity contribution in [3.8, 4) is 0 Å². The van der Waals surface area contributed by atoms with Gasteiger partial charge in [-0.2, -0.15) is 0 Å². The molecule has 112 valence electrons. The smallest absolute Gasteiger partial charge is 0.307 e. The van der Waals surface area contributed by atoms with Gasteiger partial charge in [0.2, 0.25) is 11.8 Å². The molecular weight excluding hydrogens is 272 g/mol. The van der Waals surface area contributed by atoms with Gasteiger partial charge in [-0.05, 0) is 38.1 Å². The van der Waals surface area contributed by atoms with Crippen molar-refractivity contribution in [1.82, 2.24) is 0 Å². The number of benzene rings is 1. The van der Waals surface area contributed by atoms with Crippen molar-refractivity contribution in [3.05, 3.63) is 24.3 Å². The van der Waals surface area contributed by atoms with E-state index in [1.807, 2.05) is 0 Å². The van der Waals surface area contributed by atoms with E-state index in [2.05, 4.69) is 10.6 Å². The third kappa shape index (κ3) is 3.59. The maximum absolute atomic E-state index is 12.2. The van der Waals surface area contributed by atoms with Crippen molar-refractivity contribution >= 4 is 29.2 Å². The van der Waals surface area contributed by atoms with Gasteiger partial charge in [0, 0.05) is 18.3 Å². The van der Waals surface area contributed by atoms with E-state index < -0.39 is 11.5 Å². The van der Waals surface area contributed by atoms with E-state index in [9.17, 15) is 14.4 Å². The normalized spacial score (nSPS) is 19.8. The number of anilines is 2. The summed E-state index contributed by atoms with van der Waals surface area (Å²) in [7, 11) is 0. The van der Waals surface area contributed by atoms with Gasteiger partial charge in [-0.25, -0.2) is 0 Å². The van der Waals surface area contributed by atoms with Gasteiger partial charge in [0.15, 0.2) is 0 Å². The van der Waals surface area contributed by atoms with E-state index in [1.54, 1.807) is 38.1 Å². The largest absolute Gasteiger partial charge is 0.459 e. The minimum Gasteiger partial charge on any atom is -0.459 e. The van der Waals surface area contributed by atoms with Crippen molar-refractivity contribution in [3.63, 3.8) is 0 Å². The van der Waals surface area contributed by atoms with Crippen LogP contribution >= 0.6 is 0 Å². The molecule has 21 heavy (non-hydrogen) atoms. The molecule has 2 rings (SSSR count). The summed E-state index contributed by atoms with van der Waals surface area (Å²) in [5, 5.41) is 5.40. The van der Waals surface area contributed by atoms with Crippen LogP contribution in [0.4, 0.5) is 11.4 Å². The Morgan fingerprint density at radius 1 is 1.14 bits per heavy atom. The average molecular weight is 290 g/mol. The number of amides is 2. The lowest BCUT2D eigenvalue weighted by Crippen LogP contribution is -2.36. The third-order valence-electron chi connectivity index (χ3n) is 3.38. The van der Waals surface area contributed by atoms with Crippen LogP contribution in [0.5, 0.6) is 0 Å². The molecule has 1 fully saturated rings. The van der Waals surface area contributed by atoms with Gasteiger partial charge < -0.3 is 15.4 Å². The number of cyclic esters (lactones) is 1. The highest BCUT2D eigenvalue weighted by Crippen LogP contribution is 2.33. The fraction of sp³-hybridized carbons (Fsp3) is 0.400. The minimum absolute atomic E-state index is 0.0861. The second-order valence-corrected chi connectivity index (χ2v) is 5.58. The number of carbonyl (C=O) groups is 3. The predicted octanol–water partition coefficient (Wildman–Crippen LogP) is 1.93. The molecule has 0 saturated carbocycles. The van der Waals surface area contributed by atoms with Gasteiger partial charge >= 0.3 is 5.97 Å². The topological polar surface area (TPSA) is 84.5 Å². The first-order chi connectivity index (χ1) is 9.78. The lowest BCUT2D eigenvalue weighted by molar-refractivity contribution is -0.147. The van der Waals surface area contributed by atoms with Crippen LogP contribution in [-0.4, -0.2) is 23.4 Å². The fourth-order valence-corrected chi connectivity index (χ4v) is 2.30. The Balaban J connectivity index is 2.03. The number of hydrogen-bond acceptors (Lipinski definition) is 4. The molecule has 0 radical (unpaired) electrons. The molecule has 0 aliphatic carbocycles. The summed E-state index contributed by atoms with van der Waals surface area (Å²) in [6, 6.07) is 6.76. The van der Waals surface area contributed by atoms with Gasteiger partial charge in [0.05, 0.1) is 12.3 Å². The number of hydrogen-bond donors (Lipinski definition) is 2. The summed E-state index contributed by atoms with van der Waals surface area (Å²) in [5.41, 5.74) is 0.460. The van der Waals surface area contributed by atoms with Crippen molar-refractivity contribution < 1.29 is 19.1 Å². The molecule has 2 amide bonds. The first-order valence-corrected chi connectivity index (χ1v) is 6.68. The van der Waals surface area contributed by atoms with Crippen LogP contribution in [0.3, 0.4) is 0 Å². The molecule has 1 aliphatic rings. The Kier molecular flexibility index (Phi) is 3.97. The number of esters is 1. The fourth-order valence-electron chi connectivity index (χ4n) is 2.30. The monoisotopic (exact) mass is 290 g/mol. The minimum atomic E-state index is -0.794. The highest BCUT2D eigenvalue weighted by molar-refractivity contribution is 5.97. The van der Waals surface area contributed by atoms with Crippen molar-refractivity contribution in [2.24, 2.45) is 5.92 Å². The molecule has 0 bridgehead atoms. The zero-order valence-corrected chi connectivity index (χ0v) is 12.2. The summed E-state index contributed by atoms with van der Waals surface area (Å²) in [6.45, 7) is 4.87. The Labute approximate surface area is 122 Å². The number of rotatable bonds is 3. The van der Waals surface area contributed by atoms with Gasteiger partial charge in [-0.1, -0.05) is 0 Å². The molecule has 6 heteroatoms. The second-order valence-electron chi connectivity index (χ2n) is 5.58. The van der Waals surface area contributed by atoms with Crippen LogP contribution in [0.2, 0.25) is 0 Å².